The predicted molar refractivity (Wildman–Crippen MR) is 58.9 cm³/mol. The molecule has 0 unspecified atom stereocenters. The highest BCUT2D eigenvalue weighted by Crippen LogP contribution is 2.10. The number of pyridine rings is 1. The van der Waals surface area contributed by atoms with Gasteiger partial charge < -0.3 is 5.11 Å². The number of carbonyl (C=O) groups is 1. The molecule has 0 aliphatic rings. The van der Waals surface area contributed by atoms with Crippen LogP contribution in [0, 0.1) is 0 Å². The van der Waals surface area contributed by atoms with Gasteiger partial charge in [-0.3, -0.25) is 4.72 Å². The van der Waals surface area contributed by atoms with Gasteiger partial charge in [-0.25, -0.2) is 18.2 Å². The largest absolute Gasteiger partial charge is 0.478 e. The van der Waals surface area contributed by atoms with Crippen LogP contribution in [0.3, 0.4) is 0 Å². The van der Waals surface area contributed by atoms with E-state index in [0.717, 1.165) is 0 Å². The van der Waals surface area contributed by atoms with Crippen molar-refractivity contribution in [3.63, 3.8) is 0 Å². The van der Waals surface area contributed by atoms with Crippen LogP contribution < -0.4 is 4.72 Å². The number of nitrogens with zero attached hydrogens (tertiary/aromatic N) is 1. The maximum absolute atomic E-state index is 11.5. The van der Waals surface area contributed by atoms with Gasteiger partial charge in [-0.05, 0) is 26.0 Å². The first kappa shape index (κ1) is 12.4. The average molecular weight is 244 g/mol. The first-order chi connectivity index (χ1) is 7.33. The van der Waals surface area contributed by atoms with Gasteiger partial charge in [-0.1, -0.05) is 0 Å². The van der Waals surface area contributed by atoms with Gasteiger partial charge >= 0.3 is 5.97 Å². The lowest BCUT2D eigenvalue weighted by Crippen LogP contribution is -2.23. The second-order valence-corrected chi connectivity index (χ2v) is 5.67. The zero-order valence-corrected chi connectivity index (χ0v) is 9.65. The summed E-state index contributed by atoms with van der Waals surface area (Å²) in [6.45, 7) is 3.03. The van der Waals surface area contributed by atoms with Crippen LogP contribution in [0.25, 0.3) is 0 Å². The summed E-state index contributed by atoms with van der Waals surface area (Å²) in [6, 6.07) is 2.46. The van der Waals surface area contributed by atoms with E-state index < -0.39 is 21.2 Å². The Morgan fingerprint density at radius 3 is 2.62 bits per heavy atom. The molecule has 0 aromatic carbocycles. The number of anilines is 1. The van der Waals surface area contributed by atoms with E-state index in [1.165, 1.54) is 32.2 Å². The molecule has 0 saturated heterocycles. The van der Waals surface area contributed by atoms with Crippen LogP contribution in [0.4, 0.5) is 5.82 Å². The monoisotopic (exact) mass is 244 g/mol. The molecule has 0 atom stereocenters. The highest BCUT2D eigenvalue weighted by atomic mass is 32.2. The zero-order valence-electron chi connectivity index (χ0n) is 8.84. The van der Waals surface area contributed by atoms with E-state index >= 15 is 0 Å². The Morgan fingerprint density at radius 1 is 1.50 bits per heavy atom. The van der Waals surface area contributed by atoms with E-state index in [-0.39, 0.29) is 11.4 Å². The molecule has 0 aliphatic heterocycles. The van der Waals surface area contributed by atoms with E-state index in [9.17, 15) is 13.2 Å². The van der Waals surface area contributed by atoms with Gasteiger partial charge in [0.1, 0.15) is 5.82 Å². The van der Waals surface area contributed by atoms with Gasteiger partial charge in [0.2, 0.25) is 10.0 Å². The summed E-state index contributed by atoms with van der Waals surface area (Å²) in [5, 5.41) is 8.10. The molecule has 2 N–H and O–H groups in total. The first-order valence-electron chi connectivity index (χ1n) is 4.54. The first-order valence-corrected chi connectivity index (χ1v) is 6.08. The highest BCUT2D eigenvalue weighted by Gasteiger charge is 2.16. The Kier molecular flexibility index (Phi) is 3.48. The molecular formula is C9H12N2O4S. The van der Waals surface area contributed by atoms with Crippen molar-refractivity contribution in [3.8, 4) is 0 Å². The van der Waals surface area contributed by atoms with Gasteiger partial charge in [0.15, 0.2) is 0 Å². The summed E-state index contributed by atoms with van der Waals surface area (Å²) in [5.41, 5.74) is -0.0172. The number of nitrogens with one attached hydrogen (secondary N) is 1. The zero-order chi connectivity index (χ0) is 12.3. The van der Waals surface area contributed by atoms with Crippen molar-refractivity contribution in [2.24, 2.45) is 0 Å². The third kappa shape index (κ3) is 2.93. The molecule has 0 spiro atoms. The molecule has 1 aromatic rings. The summed E-state index contributed by atoms with van der Waals surface area (Å²) in [7, 11) is -3.50. The van der Waals surface area contributed by atoms with Crippen LogP contribution in [-0.4, -0.2) is 29.7 Å². The maximum Gasteiger partial charge on any atom is 0.335 e. The summed E-state index contributed by atoms with van der Waals surface area (Å²) < 4.78 is 25.2. The standard InChI is InChI=1S/C9H12N2O4S/c1-6(2)16(14,15)11-8-5-7(9(12)13)3-4-10-8/h3-6H,1-2H3,(H,10,11)(H,12,13). The third-order valence-corrected chi connectivity index (χ3v) is 3.61. The van der Waals surface area contributed by atoms with Crippen LogP contribution in [0.2, 0.25) is 0 Å². The minimum absolute atomic E-state index is 0.00796. The molecule has 1 heterocycles. The topological polar surface area (TPSA) is 96.4 Å². The van der Waals surface area contributed by atoms with Crippen molar-refractivity contribution in [2.45, 2.75) is 19.1 Å². The number of carboxylic acid groups (broad SMARTS) is 1. The minimum Gasteiger partial charge on any atom is -0.478 e. The molecular weight excluding hydrogens is 232 g/mol. The van der Waals surface area contributed by atoms with Crippen LogP contribution in [0.5, 0.6) is 0 Å². The quantitative estimate of drug-likeness (QED) is 0.821. The van der Waals surface area contributed by atoms with Crippen LogP contribution in [-0.2, 0) is 10.0 Å². The van der Waals surface area contributed by atoms with E-state index in [1.807, 2.05) is 0 Å². The van der Waals surface area contributed by atoms with Crippen molar-refractivity contribution in [1.82, 2.24) is 4.98 Å². The van der Waals surface area contributed by atoms with Crippen LogP contribution in [0.15, 0.2) is 18.3 Å². The number of hydrogen-bond donors (Lipinski definition) is 2. The normalized spacial score (nSPS) is 11.4. The summed E-state index contributed by atoms with van der Waals surface area (Å²) >= 11 is 0. The Bertz CT molecular complexity index is 496. The maximum atomic E-state index is 11.5. The van der Waals surface area contributed by atoms with Crippen molar-refractivity contribution in [3.05, 3.63) is 23.9 Å². The lowest BCUT2D eigenvalue weighted by Gasteiger charge is -2.09. The Labute approximate surface area is 93.4 Å². The molecule has 0 amide bonds. The average Bonchev–Trinajstić information content (AvgIpc) is 2.17. The SMILES string of the molecule is CC(C)S(=O)(=O)Nc1cc(C(=O)O)ccn1. The van der Waals surface area contributed by atoms with Crippen molar-refractivity contribution in [1.29, 1.82) is 0 Å². The van der Waals surface area contributed by atoms with E-state index in [0.29, 0.717) is 0 Å². The second-order valence-electron chi connectivity index (χ2n) is 3.43. The second kappa shape index (κ2) is 4.48. The lowest BCUT2D eigenvalue weighted by atomic mass is 10.3. The van der Waals surface area contributed by atoms with Crippen LogP contribution >= 0.6 is 0 Å². The smallest absolute Gasteiger partial charge is 0.335 e. The van der Waals surface area contributed by atoms with Gasteiger partial charge in [-0.15, -0.1) is 0 Å². The van der Waals surface area contributed by atoms with E-state index in [4.69, 9.17) is 5.11 Å². The Hall–Kier alpha value is -1.63. The molecule has 0 saturated carbocycles. The molecule has 1 rings (SSSR count). The van der Waals surface area contributed by atoms with Crippen molar-refractivity contribution >= 4 is 21.8 Å². The van der Waals surface area contributed by atoms with Gasteiger partial charge in [0, 0.05) is 6.20 Å². The Balaban J connectivity index is 2.99. The number of rotatable bonds is 4. The number of sulfonamides is 1. The summed E-state index contributed by atoms with van der Waals surface area (Å²) in [6.07, 6.45) is 1.24. The number of carboxylic acids is 1. The predicted octanol–water partition coefficient (Wildman–Crippen LogP) is 0.930. The van der Waals surface area contributed by atoms with Gasteiger partial charge in [-0.2, -0.15) is 0 Å². The molecule has 7 heteroatoms. The molecule has 88 valence electrons. The van der Waals surface area contributed by atoms with E-state index in [2.05, 4.69) is 9.71 Å². The molecule has 0 radical (unpaired) electrons. The summed E-state index contributed by atoms with van der Waals surface area (Å²) in [4.78, 5) is 14.4. The van der Waals surface area contributed by atoms with E-state index in [1.54, 1.807) is 0 Å². The molecule has 0 bridgehead atoms. The highest BCUT2D eigenvalue weighted by molar-refractivity contribution is 7.93. The lowest BCUT2D eigenvalue weighted by molar-refractivity contribution is 0.0697. The third-order valence-electron chi connectivity index (χ3n) is 1.87. The Morgan fingerprint density at radius 2 is 2.12 bits per heavy atom. The molecule has 0 aliphatic carbocycles. The summed E-state index contributed by atoms with van der Waals surface area (Å²) in [5.74, 6) is -1.12. The molecule has 1 aromatic heterocycles. The minimum atomic E-state index is -3.50. The number of aromatic carboxylic acids is 1. The van der Waals surface area contributed by atoms with Crippen molar-refractivity contribution < 1.29 is 18.3 Å². The number of hydrogen-bond acceptors (Lipinski definition) is 4. The van der Waals surface area contributed by atoms with Gasteiger partial charge in [0.05, 0.1) is 10.8 Å². The van der Waals surface area contributed by atoms with Gasteiger partial charge in [0.25, 0.3) is 0 Å². The fourth-order valence-corrected chi connectivity index (χ4v) is 1.52. The fraction of sp³-hybridized carbons (Fsp3) is 0.333. The fourth-order valence-electron chi connectivity index (χ4n) is 0.883. The molecule has 0 fully saturated rings. The van der Waals surface area contributed by atoms with Crippen LogP contribution in [0.1, 0.15) is 24.2 Å². The number of aromatic nitrogens is 1. The van der Waals surface area contributed by atoms with Crippen molar-refractivity contribution in [2.75, 3.05) is 4.72 Å². The molecule has 16 heavy (non-hydrogen) atoms. The molecule has 6 nitrogen and oxygen atoms in total.